The number of hydrogen-bond donors (Lipinski definition) is 3. The molecule has 0 saturated heterocycles. The van der Waals surface area contributed by atoms with Gasteiger partial charge in [0.25, 0.3) is 0 Å². The van der Waals surface area contributed by atoms with Crippen molar-refractivity contribution >= 4 is 17.6 Å². The second-order valence-electron chi connectivity index (χ2n) is 7.10. The van der Waals surface area contributed by atoms with E-state index in [0.29, 0.717) is 18.1 Å². The zero-order chi connectivity index (χ0) is 21.7. The van der Waals surface area contributed by atoms with E-state index in [1.807, 2.05) is 31.2 Å². The number of hydrogen-bond acceptors (Lipinski definition) is 5. The topological polar surface area (TPSA) is 92.0 Å². The lowest BCUT2D eigenvalue weighted by Gasteiger charge is -2.12. The predicted molar refractivity (Wildman–Crippen MR) is 120 cm³/mol. The monoisotopic (exact) mass is 405 g/mol. The van der Waals surface area contributed by atoms with Crippen LogP contribution < -0.4 is 10.6 Å². The molecule has 0 fully saturated rings. The Labute approximate surface area is 176 Å². The van der Waals surface area contributed by atoms with Crippen molar-refractivity contribution in [1.82, 2.24) is 15.1 Å². The van der Waals surface area contributed by atoms with Crippen LogP contribution in [0.25, 0.3) is 11.3 Å². The summed E-state index contributed by atoms with van der Waals surface area (Å²) in [5.74, 6) is 0.581. The first kappa shape index (κ1) is 21.1. The van der Waals surface area contributed by atoms with Crippen molar-refractivity contribution in [2.45, 2.75) is 27.3 Å². The molecule has 0 unspecified atom stereocenters. The molecule has 1 amide bonds. The second kappa shape index (κ2) is 9.26. The summed E-state index contributed by atoms with van der Waals surface area (Å²) in [5.41, 5.74) is 6.06. The lowest BCUT2D eigenvalue weighted by molar-refractivity contribution is 0.172. The summed E-state index contributed by atoms with van der Waals surface area (Å²) >= 11 is 0. The van der Waals surface area contributed by atoms with Gasteiger partial charge in [-0.1, -0.05) is 35.9 Å². The number of ether oxygens (including phenoxy) is 1. The summed E-state index contributed by atoms with van der Waals surface area (Å²) in [6, 6.07) is 8.06. The number of nitrogens with zero attached hydrogens (tertiary/aromatic N) is 2. The van der Waals surface area contributed by atoms with E-state index in [1.165, 1.54) is 5.56 Å². The Morgan fingerprint density at radius 3 is 2.73 bits per heavy atom. The van der Waals surface area contributed by atoms with Crippen LogP contribution in [0.2, 0.25) is 0 Å². The molecule has 0 atom stereocenters. The van der Waals surface area contributed by atoms with Gasteiger partial charge in [0.1, 0.15) is 12.4 Å². The molecule has 0 aliphatic heterocycles. The Morgan fingerprint density at radius 2 is 2.07 bits per heavy atom. The molecule has 3 rings (SSSR count). The number of benzene rings is 1. The van der Waals surface area contributed by atoms with Crippen LogP contribution in [0.5, 0.6) is 0 Å². The zero-order valence-corrected chi connectivity index (χ0v) is 17.7. The van der Waals surface area contributed by atoms with Gasteiger partial charge in [-0.2, -0.15) is 5.10 Å². The fraction of sp³-hybridized carbons (Fsp3) is 0.261. The molecule has 0 spiro atoms. The standard InChI is InChI=1S/C23H27N5O2/c1-5-28-22(12-21(27-28)19-9-6-15(2)10-16(19)3)26-23(29)30-14-17-7-8-18(13-25-4)20(24)11-17/h6-13,24-25H,5,14H2,1-4H3,(H,26,29)/b18-13-,24-20?. The van der Waals surface area contributed by atoms with Crippen LogP contribution >= 0.6 is 0 Å². The maximum Gasteiger partial charge on any atom is 0.413 e. The van der Waals surface area contributed by atoms with Crippen molar-refractivity contribution < 1.29 is 9.53 Å². The first-order valence-electron chi connectivity index (χ1n) is 9.85. The first-order chi connectivity index (χ1) is 14.4. The number of anilines is 1. The Hall–Kier alpha value is -3.61. The molecule has 1 aromatic heterocycles. The number of rotatable bonds is 6. The molecule has 1 aliphatic carbocycles. The van der Waals surface area contributed by atoms with Crippen molar-refractivity contribution in [3.8, 4) is 11.3 Å². The molecule has 3 N–H and O–H groups in total. The molecule has 1 heterocycles. The third-order valence-electron chi connectivity index (χ3n) is 4.75. The van der Waals surface area contributed by atoms with Gasteiger partial charge in [-0.25, -0.2) is 9.48 Å². The van der Waals surface area contributed by atoms with Crippen molar-refractivity contribution in [3.63, 3.8) is 0 Å². The Bertz CT molecular complexity index is 1060. The summed E-state index contributed by atoms with van der Waals surface area (Å²) < 4.78 is 7.08. The lowest BCUT2D eigenvalue weighted by Crippen LogP contribution is -2.18. The molecular formula is C23H27N5O2. The molecule has 7 nitrogen and oxygen atoms in total. The van der Waals surface area contributed by atoms with Crippen LogP contribution in [0.1, 0.15) is 18.1 Å². The Morgan fingerprint density at radius 1 is 1.27 bits per heavy atom. The number of aryl methyl sites for hydroxylation is 3. The second-order valence-corrected chi connectivity index (χ2v) is 7.10. The van der Waals surface area contributed by atoms with E-state index in [9.17, 15) is 4.79 Å². The minimum atomic E-state index is -0.561. The molecule has 1 aromatic carbocycles. The van der Waals surface area contributed by atoms with Crippen LogP contribution in [-0.4, -0.2) is 35.2 Å². The van der Waals surface area contributed by atoms with E-state index in [4.69, 9.17) is 10.1 Å². The molecule has 7 heteroatoms. The minimum absolute atomic E-state index is 0.0851. The van der Waals surface area contributed by atoms with Gasteiger partial charge >= 0.3 is 6.09 Å². The maximum absolute atomic E-state index is 12.3. The molecule has 0 bridgehead atoms. The zero-order valence-electron chi connectivity index (χ0n) is 17.7. The summed E-state index contributed by atoms with van der Waals surface area (Å²) in [6.07, 6.45) is 6.53. The normalized spacial score (nSPS) is 14.6. The van der Waals surface area contributed by atoms with Crippen LogP contribution in [0.4, 0.5) is 10.6 Å². The Kier molecular flexibility index (Phi) is 6.51. The number of nitrogens with one attached hydrogen (secondary N) is 3. The minimum Gasteiger partial charge on any atom is -0.444 e. The highest BCUT2D eigenvalue weighted by Crippen LogP contribution is 2.26. The summed E-state index contributed by atoms with van der Waals surface area (Å²) in [4.78, 5) is 12.3. The van der Waals surface area contributed by atoms with Gasteiger partial charge in [0.05, 0.1) is 11.4 Å². The summed E-state index contributed by atoms with van der Waals surface area (Å²) in [7, 11) is 1.79. The molecule has 0 radical (unpaired) electrons. The Balaban J connectivity index is 1.66. The predicted octanol–water partition coefficient (Wildman–Crippen LogP) is 4.35. The highest BCUT2D eigenvalue weighted by atomic mass is 16.5. The highest BCUT2D eigenvalue weighted by molar-refractivity contribution is 6.10. The van der Waals surface area contributed by atoms with Gasteiger partial charge in [-0.05, 0) is 38.0 Å². The number of aromatic nitrogens is 2. The summed E-state index contributed by atoms with van der Waals surface area (Å²) in [6.45, 7) is 6.78. The van der Waals surface area contributed by atoms with Crippen LogP contribution in [0, 0.1) is 19.3 Å². The molecule has 30 heavy (non-hydrogen) atoms. The summed E-state index contributed by atoms with van der Waals surface area (Å²) in [5, 5.41) is 18.3. The SMILES string of the molecule is CCn1nc(-c2ccc(C)cc2C)cc1NC(=O)OCC1=CC(=N)/C(=C\NC)C=C1. The van der Waals surface area contributed by atoms with Crippen LogP contribution in [0.3, 0.4) is 0 Å². The van der Waals surface area contributed by atoms with E-state index in [0.717, 1.165) is 28.0 Å². The molecule has 1 aliphatic rings. The lowest BCUT2D eigenvalue weighted by atomic mass is 10.0. The van der Waals surface area contributed by atoms with E-state index in [1.54, 1.807) is 24.0 Å². The van der Waals surface area contributed by atoms with Crippen LogP contribution in [-0.2, 0) is 11.3 Å². The van der Waals surface area contributed by atoms with E-state index >= 15 is 0 Å². The number of allylic oxidation sites excluding steroid dienone is 3. The van der Waals surface area contributed by atoms with Gasteiger partial charge < -0.3 is 15.5 Å². The van der Waals surface area contributed by atoms with Gasteiger partial charge in [-0.15, -0.1) is 0 Å². The van der Waals surface area contributed by atoms with Gasteiger partial charge in [0.2, 0.25) is 0 Å². The highest BCUT2D eigenvalue weighted by Gasteiger charge is 2.14. The average Bonchev–Trinajstić information content (AvgIpc) is 3.10. The van der Waals surface area contributed by atoms with Crippen molar-refractivity contribution in [3.05, 3.63) is 71.0 Å². The molecule has 156 valence electrons. The van der Waals surface area contributed by atoms with Crippen LogP contribution in [0.15, 0.2) is 59.8 Å². The van der Waals surface area contributed by atoms with E-state index < -0.39 is 6.09 Å². The van der Waals surface area contributed by atoms with E-state index in [-0.39, 0.29) is 6.61 Å². The van der Waals surface area contributed by atoms with Crippen molar-refractivity contribution in [2.75, 3.05) is 19.0 Å². The number of carbonyl (C=O) groups is 1. The van der Waals surface area contributed by atoms with Gasteiger partial charge in [0.15, 0.2) is 0 Å². The number of carbonyl (C=O) groups excluding carboxylic acids is 1. The quantitative estimate of drug-likeness (QED) is 0.666. The van der Waals surface area contributed by atoms with Gasteiger partial charge in [-0.3, -0.25) is 5.32 Å². The van der Waals surface area contributed by atoms with E-state index in [2.05, 4.69) is 41.7 Å². The fourth-order valence-corrected chi connectivity index (χ4v) is 3.26. The third kappa shape index (κ3) is 4.86. The first-order valence-corrected chi connectivity index (χ1v) is 9.85. The fourth-order valence-electron chi connectivity index (χ4n) is 3.26. The molecule has 2 aromatic rings. The molecular weight excluding hydrogens is 378 g/mol. The number of amides is 1. The van der Waals surface area contributed by atoms with Crippen molar-refractivity contribution in [2.24, 2.45) is 0 Å². The maximum atomic E-state index is 12.3. The third-order valence-corrected chi connectivity index (χ3v) is 4.75. The smallest absolute Gasteiger partial charge is 0.413 e. The van der Waals surface area contributed by atoms with Gasteiger partial charge in [0, 0.05) is 37.0 Å². The van der Waals surface area contributed by atoms with Crippen molar-refractivity contribution in [1.29, 1.82) is 5.41 Å². The largest absolute Gasteiger partial charge is 0.444 e. The molecule has 0 saturated carbocycles. The average molecular weight is 406 g/mol.